The number of carbonyl (C=O) groups excluding carboxylic acids is 2. The van der Waals surface area contributed by atoms with Crippen molar-refractivity contribution in [1.29, 1.82) is 5.26 Å². The van der Waals surface area contributed by atoms with Crippen molar-refractivity contribution >= 4 is 29.1 Å². The summed E-state index contributed by atoms with van der Waals surface area (Å²) >= 11 is 6.25. The van der Waals surface area contributed by atoms with Gasteiger partial charge in [0.2, 0.25) is 0 Å². The third kappa shape index (κ3) is 6.30. The SMILES string of the molecule is CCN(CC)C(=O)COc1ccc(NC(=O)c2ccc(COc3ccccc3C#N)o2)cc1Cl. The van der Waals surface area contributed by atoms with Crippen molar-refractivity contribution in [2.24, 2.45) is 0 Å². The molecule has 176 valence electrons. The van der Waals surface area contributed by atoms with E-state index in [4.69, 9.17) is 30.8 Å². The molecule has 9 heteroatoms. The van der Waals surface area contributed by atoms with E-state index in [0.29, 0.717) is 41.6 Å². The first kappa shape index (κ1) is 24.7. The summed E-state index contributed by atoms with van der Waals surface area (Å²) in [6.45, 7) is 4.94. The maximum Gasteiger partial charge on any atom is 0.291 e. The maximum absolute atomic E-state index is 12.5. The van der Waals surface area contributed by atoms with Gasteiger partial charge in [-0.15, -0.1) is 0 Å². The van der Waals surface area contributed by atoms with E-state index in [1.807, 2.05) is 13.8 Å². The largest absolute Gasteiger partial charge is 0.484 e. The van der Waals surface area contributed by atoms with Crippen LogP contribution in [-0.2, 0) is 11.4 Å². The normalized spacial score (nSPS) is 10.3. The van der Waals surface area contributed by atoms with Crippen molar-refractivity contribution in [2.45, 2.75) is 20.5 Å². The summed E-state index contributed by atoms with van der Waals surface area (Å²) in [5, 5.41) is 12.1. The van der Waals surface area contributed by atoms with Gasteiger partial charge in [0.15, 0.2) is 12.4 Å². The highest BCUT2D eigenvalue weighted by Gasteiger charge is 2.15. The second kappa shape index (κ2) is 11.8. The molecule has 34 heavy (non-hydrogen) atoms. The fraction of sp³-hybridized carbons (Fsp3) is 0.240. The number of carbonyl (C=O) groups is 2. The van der Waals surface area contributed by atoms with E-state index in [0.717, 1.165) is 0 Å². The fourth-order valence-corrected chi connectivity index (χ4v) is 3.34. The van der Waals surface area contributed by atoms with E-state index in [2.05, 4.69) is 11.4 Å². The van der Waals surface area contributed by atoms with Crippen molar-refractivity contribution in [3.63, 3.8) is 0 Å². The van der Waals surface area contributed by atoms with Crippen LogP contribution in [0.1, 0.15) is 35.7 Å². The number of rotatable bonds is 10. The molecule has 0 unspecified atom stereocenters. The molecule has 0 spiro atoms. The standard InChI is InChI=1S/C25H24ClN3O5/c1-3-29(4-2)24(30)16-33-22-11-9-18(13-20(22)26)28-25(31)23-12-10-19(34-23)15-32-21-8-6-5-7-17(21)14-27/h5-13H,3-4,15-16H2,1-2H3,(H,28,31). The van der Waals surface area contributed by atoms with Crippen LogP contribution in [-0.4, -0.2) is 36.4 Å². The first-order valence-electron chi connectivity index (χ1n) is 10.7. The summed E-state index contributed by atoms with van der Waals surface area (Å²) in [5.41, 5.74) is 0.850. The second-order valence-corrected chi connectivity index (χ2v) is 7.52. The zero-order chi connectivity index (χ0) is 24.5. The third-order valence-electron chi connectivity index (χ3n) is 4.92. The average Bonchev–Trinajstić information content (AvgIpc) is 3.32. The number of hydrogen-bond donors (Lipinski definition) is 1. The smallest absolute Gasteiger partial charge is 0.291 e. The average molecular weight is 482 g/mol. The van der Waals surface area contributed by atoms with Gasteiger partial charge in [-0.25, -0.2) is 0 Å². The molecule has 1 N–H and O–H groups in total. The number of furan rings is 1. The van der Waals surface area contributed by atoms with E-state index in [1.165, 1.54) is 12.1 Å². The highest BCUT2D eigenvalue weighted by molar-refractivity contribution is 6.32. The third-order valence-corrected chi connectivity index (χ3v) is 5.22. The van der Waals surface area contributed by atoms with Crippen LogP contribution in [0.2, 0.25) is 5.02 Å². The number of nitrogens with zero attached hydrogens (tertiary/aromatic N) is 2. The van der Waals surface area contributed by atoms with Crippen LogP contribution < -0.4 is 14.8 Å². The minimum atomic E-state index is -0.467. The first-order chi connectivity index (χ1) is 16.4. The number of nitrogens with one attached hydrogen (secondary N) is 1. The van der Waals surface area contributed by atoms with Gasteiger partial charge in [0.25, 0.3) is 11.8 Å². The molecule has 0 bridgehead atoms. The van der Waals surface area contributed by atoms with E-state index >= 15 is 0 Å². The molecule has 2 amide bonds. The summed E-state index contributed by atoms with van der Waals surface area (Å²) in [6.07, 6.45) is 0. The molecule has 0 aliphatic rings. The summed E-state index contributed by atoms with van der Waals surface area (Å²) in [5.74, 6) is 0.696. The van der Waals surface area contributed by atoms with Crippen molar-refractivity contribution in [3.05, 3.63) is 76.7 Å². The molecule has 0 aliphatic carbocycles. The van der Waals surface area contributed by atoms with Gasteiger partial charge in [0.1, 0.15) is 29.9 Å². The van der Waals surface area contributed by atoms with Gasteiger partial charge in [-0.05, 0) is 56.3 Å². The molecule has 0 saturated heterocycles. The van der Waals surface area contributed by atoms with Crippen molar-refractivity contribution < 1.29 is 23.5 Å². The number of amides is 2. The Labute approximate surface area is 202 Å². The van der Waals surface area contributed by atoms with Crippen molar-refractivity contribution in [2.75, 3.05) is 25.0 Å². The van der Waals surface area contributed by atoms with Gasteiger partial charge < -0.3 is 24.1 Å². The first-order valence-corrected chi connectivity index (χ1v) is 11.0. The van der Waals surface area contributed by atoms with Crippen LogP contribution in [0, 0.1) is 11.3 Å². The lowest BCUT2D eigenvalue weighted by atomic mass is 10.2. The molecule has 0 aliphatic heterocycles. The molecule has 3 rings (SSSR count). The zero-order valence-electron chi connectivity index (χ0n) is 18.8. The summed E-state index contributed by atoms with van der Waals surface area (Å²) in [6, 6.07) is 16.8. The molecular weight excluding hydrogens is 458 g/mol. The molecular formula is C25H24ClN3O5. The highest BCUT2D eigenvalue weighted by atomic mass is 35.5. The van der Waals surface area contributed by atoms with Crippen LogP contribution >= 0.6 is 11.6 Å². The summed E-state index contributed by atoms with van der Waals surface area (Å²) in [7, 11) is 0. The Morgan fingerprint density at radius 2 is 1.82 bits per heavy atom. The number of para-hydroxylation sites is 1. The Kier molecular flexibility index (Phi) is 8.54. The van der Waals surface area contributed by atoms with Gasteiger partial charge in [-0.2, -0.15) is 5.26 Å². The predicted octanol–water partition coefficient (Wildman–Crippen LogP) is 4.88. The Bertz CT molecular complexity index is 1200. The maximum atomic E-state index is 12.5. The van der Waals surface area contributed by atoms with Crippen LogP contribution in [0.15, 0.2) is 59.0 Å². The second-order valence-electron chi connectivity index (χ2n) is 7.12. The van der Waals surface area contributed by atoms with E-state index in [-0.39, 0.29) is 29.9 Å². The van der Waals surface area contributed by atoms with Gasteiger partial charge >= 0.3 is 0 Å². The Balaban J connectivity index is 1.56. The number of ether oxygens (including phenoxy) is 2. The number of likely N-dealkylation sites (N-methyl/N-ethyl adjacent to an activating group) is 1. The lowest BCUT2D eigenvalue weighted by Gasteiger charge is -2.19. The minimum absolute atomic E-state index is 0.0655. The molecule has 3 aromatic rings. The van der Waals surface area contributed by atoms with E-state index < -0.39 is 5.91 Å². The molecule has 0 radical (unpaired) electrons. The van der Waals surface area contributed by atoms with Gasteiger partial charge in [-0.3, -0.25) is 9.59 Å². The molecule has 1 aromatic heterocycles. The molecule has 0 saturated carbocycles. The predicted molar refractivity (Wildman–Crippen MR) is 127 cm³/mol. The lowest BCUT2D eigenvalue weighted by molar-refractivity contribution is -0.132. The number of benzene rings is 2. The quantitative estimate of drug-likeness (QED) is 0.442. The van der Waals surface area contributed by atoms with E-state index in [9.17, 15) is 9.59 Å². The molecule has 2 aromatic carbocycles. The number of nitriles is 1. The molecule has 8 nitrogen and oxygen atoms in total. The van der Waals surface area contributed by atoms with Crippen LogP contribution in [0.4, 0.5) is 5.69 Å². The van der Waals surface area contributed by atoms with Gasteiger partial charge in [-0.1, -0.05) is 23.7 Å². The van der Waals surface area contributed by atoms with Gasteiger partial charge in [0, 0.05) is 18.8 Å². The number of halogens is 1. The zero-order valence-corrected chi connectivity index (χ0v) is 19.6. The fourth-order valence-electron chi connectivity index (χ4n) is 3.11. The number of hydrogen-bond acceptors (Lipinski definition) is 6. The highest BCUT2D eigenvalue weighted by Crippen LogP contribution is 2.28. The monoisotopic (exact) mass is 481 g/mol. The van der Waals surface area contributed by atoms with Crippen LogP contribution in [0.25, 0.3) is 0 Å². The Hall–Kier alpha value is -3.96. The molecule has 0 atom stereocenters. The van der Waals surface area contributed by atoms with Crippen molar-refractivity contribution in [1.82, 2.24) is 4.90 Å². The lowest BCUT2D eigenvalue weighted by Crippen LogP contribution is -2.34. The van der Waals surface area contributed by atoms with Crippen molar-refractivity contribution in [3.8, 4) is 17.6 Å². The number of anilines is 1. The summed E-state index contributed by atoms with van der Waals surface area (Å²) < 4.78 is 16.7. The van der Waals surface area contributed by atoms with Crippen LogP contribution in [0.5, 0.6) is 11.5 Å². The van der Waals surface area contributed by atoms with Gasteiger partial charge in [0.05, 0.1) is 10.6 Å². The molecule has 0 fully saturated rings. The topological polar surface area (TPSA) is 105 Å². The minimum Gasteiger partial charge on any atom is -0.484 e. The van der Waals surface area contributed by atoms with E-state index in [1.54, 1.807) is 47.4 Å². The Morgan fingerprint density at radius 1 is 1.06 bits per heavy atom. The Morgan fingerprint density at radius 3 is 2.53 bits per heavy atom. The summed E-state index contributed by atoms with van der Waals surface area (Å²) in [4.78, 5) is 26.3. The molecule has 1 heterocycles. The van der Waals surface area contributed by atoms with Crippen LogP contribution in [0.3, 0.4) is 0 Å².